The number of benzene rings is 1. The highest BCUT2D eigenvalue weighted by Crippen LogP contribution is 2.33. The van der Waals surface area contributed by atoms with Gasteiger partial charge in [0.2, 0.25) is 0 Å². The number of aromatic nitrogens is 2. The number of nitrogens with one attached hydrogen (secondary N) is 1. The zero-order chi connectivity index (χ0) is 13.2. The summed E-state index contributed by atoms with van der Waals surface area (Å²) in [5, 5.41) is 21.8. The van der Waals surface area contributed by atoms with Crippen molar-refractivity contribution in [3.05, 3.63) is 30.0 Å². The van der Waals surface area contributed by atoms with E-state index in [1.54, 1.807) is 0 Å². The molecule has 1 heterocycles. The van der Waals surface area contributed by atoms with Crippen molar-refractivity contribution in [3.63, 3.8) is 0 Å². The van der Waals surface area contributed by atoms with Gasteiger partial charge in [-0.15, -0.1) is 10.2 Å². The molecule has 0 radical (unpaired) electrons. The van der Waals surface area contributed by atoms with E-state index in [1.807, 2.05) is 24.3 Å². The molecule has 1 aromatic carbocycles. The average Bonchev–Trinajstić information content (AvgIpc) is 2.37. The van der Waals surface area contributed by atoms with Crippen LogP contribution >= 0.6 is 0 Å². The standard InChI is InChI=1S/C15H16N4/c1-10(11-5-4-6-11)17-15-12-7-2-3-8-13(12)18-19-14(15)9-16/h2-3,7-8,10-11H,4-6H2,1H3,(H,17,18). The third kappa shape index (κ3) is 2.12. The minimum Gasteiger partial charge on any atom is -0.379 e. The Morgan fingerprint density at radius 1 is 1.32 bits per heavy atom. The molecule has 1 aliphatic rings. The van der Waals surface area contributed by atoms with E-state index >= 15 is 0 Å². The smallest absolute Gasteiger partial charge is 0.186 e. The van der Waals surface area contributed by atoms with Crippen LogP contribution in [0.1, 0.15) is 31.9 Å². The van der Waals surface area contributed by atoms with E-state index < -0.39 is 0 Å². The minimum atomic E-state index is 0.369. The molecular weight excluding hydrogens is 236 g/mol. The molecule has 0 saturated heterocycles. The van der Waals surface area contributed by atoms with Crippen LogP contribution in [0.4, 0.5) is 5.69 Å². The predicted molar refractivity (Wildman–Crippen MR) is 74.7 cm³/mol. The molecule has 4 nitrogen and oxygen atoms in total. The van der Waals surface area contributed by atoms with Crippen LogP contribution in [0.15, 0.2) is 24.3 Å². The molecule has 1 unspecified atom stereocenters. The van der Waals surface area contributed by atoms with Crippen LogP contribution in [0.5, 0.6) is 0 Å². The van der Waals surface area contributed by atoms with Crippen molar-refractivity contribution < 1.29 is 0 Å². The van der Waals surface area contributed by atoms with Crippen molar-refractivity contribution in [1.82, 2.24) is 10.2 Å². The number of hydrogen-bond donors (Lipinski definition) is 1. The molecule has 2 aromatic rings. The molecule has 0 bridgehead atoms. The topological polar surface area (TPSA) is 61.6 Å². The molecular formula is C15H16N4. The van der Waals surface area contributed by atoms with E-state index in [0.717, 1.165) is 16.6 Å². The Morgan fingerprint density at radius 3 is 2.79 bits per heavy atom. The zero-order valence-electron chi connectivity index (χ0n) is 10.9. The van der Waals surface area contributed by atoms with Crippen LogP contribution in [0.25, 0.3) is 10.9 Å². The summed E-state index contributed by atoms with van der Waals surface area (Å²) in [6, 6.07) is 10.3. The van der Waals surface area contributed by atoms with E-state index in [0.29, 0.717) is 17.7 Å². The zero-order valence-corrected chi connectivity index (χ0v) is 10.9. The Labute approximate surface area is 112 Å². The Hall–Kier alpha value is -2.15. The van der Waals surface area contributed by atoms with Gasteiger partial charge in [-0.2, -0.15) is 5.26 Å². The molecule has 1 fully saturated rings. The molecule has 96 valence electrons. The van der Waals surface area contributed by atoms with Crippen LogP contribution in [0.2, 0.25) is 0 Å². The van der Waals surface area contributed by atoms with Gasteiger partial charge in [-0.05, 0) is 31.7 Å². The molecule has 0 spiro atoms. The second-order valence-corrected chi connectivity index (χ2v) is 5.18. The first kappa shape index (κ1) is 11.9. The maximum Gasteiger partial charge on any atom is 0.186 e. The lowest BCUT2D eigenvalue weighted by atomic mass is 9.80. The summed E-state index contributed by atoms with van der Waals surface area (Å²) in [5.74, 6) is 0.707. The van der Waals surface area contributed by atoms with Gasteiger partial charge in [0.05, 0.1) is 11.2 Å². The summed E-state index contributed by atoms with van der Waals surface area (Å²) in [4.78, 5) is 0. The fourth-order valence-electron chi connectivity index (χ4n) is 2.56. The summed E-state index contributed by atoms with van der Waals surface area (Å²) >= 11 is 0. The van der Waals surface area contributed by atoms with E-state index in [1.165, 1.54) is 19.3 Å². The van der Waals surface area contributed by atoms with Crippen LogP contribution in [0.3, 0.4) is 0 Å². The Kier molecular flexibility index (Phi) is 3.04. The first-order chi connectivity index (χ1) is 9.29. The lowest BCUT2D eigenvalue weighted by Crippen LogP contribution is -2.31. The second-order valence-electron chi connectivity index (χ2n) is 5.18. The number of nitrogens with zero attached hydrogens (tertiary/aromatic N) is 3. The molecule has 19 heavy (non-hydrogen) atoms. The van der Waals surface area contributed by atoms with Crippen molar-refractivity contribution in [3.8, 4) is 6.07 Å². The van der Waals surface area contributed by atoms with Crippen molar-refractivity contribution in [2.24, 2.45) is 5.92 Å². The molecule has 1 saturated carbocycles. The SMILES string of the molecule is CC(Nc1c(C#N)nnc2ccccc12)C1CCC1. The third-order valence-electron chi connectivity index (χ3n) is 4.00. The monoisotopic (exact) mass is 252 g/mol. The maximum atomic E-state index is 9.21. The van der Waals surface area contributed by atoms with Crippen molar-refractivity contribution in [1.29, 1.82) is 5.26 Å². The number of nitriles is 1. The first-order valence-corrected chi connectivity index (χ1v) is 6.71. The van der Waals surface area contributed by atoms with Gasteiger partial charge in [-0.25, -0.2) is 0 Å². The Morgan fingerprint density at radius 2 is 2.11 bits per heavy atom. The van der Waals surface area contributed by atoms with Crippen molar-refractivity contribution in [2.75, 3.05) is 5.32 Å². The molecule has 1 aromatic heterocycles. The number of fused-ring (bicyclic) bond motifs is 1. The summed E-state index contributed by atoms with van der Waals surface area (Å²) in [6.45, 7) is 2.18. The van der Waals surface area contributed by atoms with E-state index in [-0.39, 0.29) is 0 Å². The molecule has 0 amide bonds. The summed E-state index contributed by atoms with van der Waals surface area (Å²) in [5.41, 5.74) is 2.03. The molecule has 0 aliphatic heterocycles. The van der Waals surface area contributed by atoms with Gasteiger partial charge in [-0.3, -0.25) is 0 Å². The summed E-state index contributed by atoms with van der Waals surface area (Å²) in [6.07, 6.45) is 3.86. The van der Waals surface area contributed by atoms with Gasteiger partial charge in [0, 0.05) is 11.4 Å². The normalized spacial score (nSPS) is 16.6. The molecule has 1 atom stereocenters. The highest BCUT2D eigenvalue weighted by atomic mass is 15.1. The highest BCUT2D eigenvalue weighted by molar-refractivity contribution is 5.92. The van der Waals surface area contributed by atoms with E-state index in [9.17, 15) is 5.26 Å². The predicted octanol–water partition coefficient (Wildman–Crippen LogP) is 3.10. The van der Waals surface area contributed by atoms with Gasteiger partial charge >= 0.3 is 0 Å². The fraction of sp³-hybridized carbons (Fsp3) is 0.400. The van der Waals surface area contributed by atoms with Crippen molar-refractivity contribution >= 4 is 16.6 Å². The fourth-order valence-corrected chi connectivity index (χ4v) is 2.56. The Balaban J connectivity index is 2.02. The maximum absolute atomic E-state index is 9.21. The van der Waals surface area contributed by atoms with Crippen LogP contribution in [-0.4, -0.2) is 16.2 Å². The molecule has 3 rings (SSSR count). The Bertz CT molecular complexity index is 640. The van der Waals surface area contributed by atoms with Crippen LogP contribution < -0.4 is 5.32 Å². The molecule has 1 aliphatic carbocycles. The number of rotatable bonds is 3. The second kappa shape index (κ2) is 4.85. The number of hydrogen-bond acceptors (Lipinski definition) is 4. The van der Waals surface area contributed by atoms with Gasteiger partial charge in [0.1, 0.15) is 6.07 Å². The lowest BCUT2D eigenvalue weighted by molar-refractivity contribution is 0.285. The molecule has 1 N–H and O–H groups in total. The summed E-state index contributed by atoms with van der Waals surface area (Å²) in [7, 11) is 0. The summed E-state index contributed by atoms with van der Waals surface area (Å²) < 4.78 is 0. The molecule has 4 heteroatoms. The van der Waals surface area contributed by atoms with Gasteiger partial charge in [-0.1, -0.05) is 24.6 Å². The van der Waals surface area contributed by atoms with Crippen LogP contribution in [0, 0.1) is 17.2 Å². The van der Waals surface area contributed by atoms with Crippen LogP contribution in [-0.2, 0) is 0 Å². The third-order valence-corrected chi connectivity index (χ3v) is 4.00. The largest absolute Gasteiger partial charge is 0.379 e. The van der Waals surface area contributed by atoms with Gasteiger partial charge in [0.25, 0.3) is 0 Å². The highest BCUT2D eigenvalue weighted by Gasteiger charge is 2.25. The average molecular weight is 252 g/mol. The van der Waals surface area contributed by atoms with Crippen molar-refractivity contribution in [2.45, 2.75) is 32.2 Å². The van der Waals surface area contributed by atoms with E-state index in [2.05, 4.69) is 28.5 Å². The first-order valence-electron chi connectivity index (χ1n) is 6.71. The van der Waals surface area contributed by atoms with Gasteiger partial charge in [0.15, 0.2) is 5.69 Å². The minimum absolute atomic E-state index is 0.369. The van der Waals surface area contributed by atoms with E-state index in [4.69, 9.17) is 0 Å². The lowest BCUT2D eigenvalue weighted by Gasteiger charge is -2.32. The quantitative estimate of drug-likeness (QED) is 0.911. The number of anilines is 1. The van der Waals surface area contributed by atoms with Gasteiger partial charge < -0.3 is 5.32 Å².